The topological polar surface area (TPSA) is 78.9 Å². The van der Waals surface area contributed by atoms with Gasteiger partial charge in [0.05, 0.1) is 6.04 Å². The van der Waals surface area contributed by atoms with E-state index < -0.39 is 11.7 Å². The van der Waals surface area contributed by atoms with Gasteiger partial charge in [0.2, 0.25) is 0 Å². The lowest BCUT2D eigenvalue weighted by atomic mass is 10.2. The van der Waals surface area contributed by atoms with Gasteiger partial charge in [-0.3, -0.25) is 0 Å². The average Bonchev–Trinajstić information content (AvgIpc) is 2.48. The molecule has 2 amide bonds. The summed E-state index contributed by atoms with van der Waals surface area (Å²) in [4.78, 5) is 23.6. The molecular formula is C10H18N2O4. The van der Waals surface area contributed by atoms with Crippen LogP contribution in [-0.4, -0.2) is 46.9 Å². The summed E-state index contributed by atoms with van der Waals surface area (Å²) >= 11 is 0. The number of hydrogen-bond acceptors (Lipinski definition) is 3. The van der Waals surface area contributed by atoms with Crippen LogP contribution in [0, 0.1) is 0 Å². The fourth-order valence-corrected chi connectivity index (χ4v) is 1.55. The Labute approximate surface area is 94.6 Å². The first-order valence-electron chi connectivity index (χ1n) is 5.25. The number of carbonyl (C=O) groups excluding carboxylic acids is 1. The summed E-state index contributed by atoms with van der Waals surface area (Å²) < 4.78 is 5.19. The Hall–Kier alpha value is -1.46. The van der Waals surface area contributed by atoms with E-state index in [-0.39, 0.29) is 12.1 Å². The van der Waals surface area contributed by atoms with Crippen molar-refractivity contribution in [3.63, 3.8) is 0 Å². The summed E-state index contributed by atoms with van der Waals surface area (Å²) in [6.45, 7) is 6.30. The molecule has 6 heteroatoms. The molecule has 6 nitrogen and oxygen atoms in total. The lowest BCUT2D eigenvalue weighted by Crippen LogP contribution is -2.39. The summed E-state index contributed by atoms with van der Waals surface area (Å²) in [5.41, 5.74) is -0.518. The van der Waals surface area contributed by atoms with Crippen LogP contribution in [0.4, 0.5) is 9.59 Å². The molecule has 0 aromatic carbocycles. The third kappa shape index (κ3) is 3.96. The summed E-state index contributed by atoms with van der Waals surface area (Å²) in [7, 11) is 0. The number of nitrogens with zero attached hydrogens (tertiary/aromatic N) is 1. The zero-order valence-electron chi connectivity index (χ0n) is 9.82. The minimum atomic E-state index is -1.06. The second kappa shape index (κ2) is 4.59. The maximum absolute atomic E-state index is 11.6. The van der Waals surface area contributed by atoms with Crippen LogP contribution < -0.4 is 5.32 Å². The Morgan fingerprint density at radius 3 is 2.56 bits per heavy atom. The normalized spacial score (nSPS) is 20.7. The van der Waals surface area contributed by atoms with Crippen molar-refractivity contribution in [3.05, 3.63) is 0 Å². The van der Waals surface area contributed by atoms with Crippen molar-refractivity contribution < 1.29 is 19.4 Å². The monoisotopic (exact) mass is 230 g/mol. The number of rotatable bonds is 1. The van der Waals surface area contributed by atoms with Crippen LogP contribution in [0.1, 0.15) is 27.2 Å². The van der Waals surface area contributed by atoms with E-state index in [1.54, 1.807) is 20.8 Å². The third-order valence-electron chi connectivity index (χ3n) is 2.17. The molecule has 0 saturated carbocycles. The van der Waals surface area contributed by atoms with Crippen molar-refractivity contribution >= 4 is 12.2 Å². The van der Waals surface area contributed by atoms with Crippen molar-refractivity contribution in [1.29, 1.82) is 0 Å². The van der Waals surface area contributed by atoms with Crippen molar-refractivity contribution in [3.8, 4) is 0 Å². The zero-order chi connectivity index (χ0) is 12.3. The van der Waals surface area contributed by atoms with Gasteiger partial charge in [-0.25, -0.2) is 9.59 Å². The molecule has 1 rings (SSSR count). The van der Waals surface area contributed by atoms with Crippen LogP contribution in [0.2, 0.25) is 0 Å². The van der Waals surface area contributed by atoms with Crippen LogP contribution in [0.25, 0.3) is 0 Å². The van der Waals surface area contributed by atoms with Crippen LogP contribution >= 0.6 is 0 Å². The SMILES string of the molecule is CC(C)(C)OC(=O)N1CCC(NC(=O)O)C1. The lowest BCUT2D eigenvalue weighted by Gasteiger charge is -2.24. The van der Waals surface area contributed by atoms with E-state index in [0.29, 0.717) is 19.5 Å². The average molecular weight is 230 g/mol. The Bertz CT molecular complexity index is 285. The van der Waals surface area contributed by atoms with Gasteiger partial charge in [-0.15, -0.1) is 0 Å². The first-order chi connectivity index (χ1) is 7.28. The first kappa shape index (κ1) is 12.6. The molecule has 1 aliphatic heterocycles. The molecular weight excluding hydrogens is 212 g/mol. The highest BCUT2D eigenvalue weighted by atomic mass is 16.6. The van der Waals surface area contributed by atoms with Gasteiger partial charge in [0, 0.05) is 13.1 Å². The standard InChI is InChI=1S/C10H18N2O4/c1-10(2,3)16-9(15)12-5-4-7(6-12)11-8(13)14/h7,11H,4-6H2,1-3H3,(H,13,14). The Balaban J connectivity index is 2.41. The maximum Gasteiger partial charge on any atom is 0.410 e. The molecule has 1 saturated heterocycles. The van der Waals surface area contributed by atoms with Crippen LogP contribution in [0.15, 0.2) is 0 Å². The van der Waals surface area contributed by atoms with Crippen molar-refractivity contribution in [2.45, 2.75) is 38.8 Å². The van der Waals surface area contributed by atoms with Gasteiger partial charge in [-0.05, 0) is 27.2 Å². The van der Waals surface area contributed by atoms with Crippen molar-refractivity contribution in [1.82, 2.24) is 10.2 Å². The predicted octanol–water partition coefficient (Wildman–Crippen LogP) is 1.26. The minimum absolute atomic E-state index is 0.190. The molecule has 0 spiro atoms. The fourth-order valence-electron chi connectivity index (χ4n) is 1.55. The Kier molecular flexibility index (Phi) is 3.62. The van der Waals surface area contributed by atoms with Crippen molar-refractivity contribution in [2.24, 2.45) is 0 Å². The lowest BCUT2D eigenvalue weighted by molar-refractivity contribution is 0.0290. The third-order valence-corrected chi connectivity index (χ3v) is 2.17. The van der Waals surface area contributed by atoms with Gasteiger partial charge >= 0.3 is 12.2 Å². The van der Waals surface area contributed by atoms with E-state index in [9.17, 15) is 9.59 Å². The molecule has 2 N–H and O–H groups in total. The van der Waals surface area contributed by atoms with E-state index in [0.717, 1.165) is 0 Å². The van der Waals surface area contributed by atoms with E-state index >= 15 is 0 Å². The van der Waals surface area contributed by atoms with Gasteiger partial charge in [0.25, 0.3) is 0 Å². The molecule has 92 valence electrons. The summed E-state index contributed by atoms with van der Waals surface area (Å²) in [5, 5.41) is 10.9. The molecule has 0 radical (unpaired) electrons. The van der Waals surface area contributed by atoms with E-state index in [1.165, 1.54) is 4.90 Å². The van der Waals surface area contributed by atoms with Gasteiger partial charge in [-0.2, -0.15) is 0 Å². The van der Waals surface area contributed by atoms with Gasteiger partial charge < -0.3 is 20.1 Å². The molecule has 1 unspecified atom stereocenters. The first-order valence-corrected chi connectivity index (χ1v) is 5.25. The Morgan fingerprint density at radius 1 is 1.44 bits per heavy atom. The smallest absolute Gasteiger partial charge is 0.410 e. The number of ether oxygens (including phenoxy) is 1. The van der Waals surface area contributed by atoms with E-state index in [2.05, 4.69) is 5.32 Å². The molecule has 16 heavy (non-hydrogen) atoms. The number of nitrogens with one attached hydrogen (secondary N) is 1. The number of carboxylic acid groups (broad SMARTS) is 1. The maximum atomic E-state index is 11.6. The molecule has 0 aromatic heterocycles. The highest BCUT2D eigenvalue weighted by Crippen LogP contribution is 2.15. The quantitative estimate of drug-likeness (QED) is 0.710. The number of carbonyl (C=O) groups is 2. The highest BCUT2D eigenvalue weighted by molar-refractivity contribution is 5.69. The fraction of sp³-hybridized carbons (Fsp3) is 0.800. The summed E-state index contributed by atoms with van der Waals surface area (Å²) in [6.07, 6.45) is -0.816. The molecule has 1 aliphatic rings. The zero-order valence-corrected chi connectivity index (χ0v) is 9.82. The molecule has 1 heterocycles. The Morgan fingerprint density at radius 2 is 2.06 bits per heavy atom. The second-order valence-corrected chi connectivity index (χ2v) is 4.86. The van der Waals surface area contributed by atoms with Crippen LogP contribution in [-0.2, 0) is 4.74 Å². The van der Waals surface area contributed by atoms with Crippen molar-refractivity contribution in [2.75, 3.05) is 13.1 Å². The van der Waals surface area contributed by atoms with Gasteiger partial charge in [0.15, 0.2) is 0 Å². The predicted molar refractivity (Wildman–Crippen MR) is 57.4 cm³/mol. The van der Waals surface area contributed by atoms with Gasteiger partial charge in [-0.1, -0.05) is 0 Å². The molecule has 1 atom stereocenters. The number of hydrogen-bond donors (Lipinski definition) is 2. The summed E-state index contributed by atoms with van der Waals surface area (Å²) in [6, 6.07) is -0.190. The van der Waals surface area contributed by atoms with Gasteiger partial charge in [0.1, 0.15) is 5.60 Å². The number of likely N-dealkylation sites (tertiary alicyclic amines) is 1. The van der Waals surface area contributed by atoms with Crippen LogP contribution in [0.5, 0.6) is 0 Å². The highest BCUT2D eigenvalue weighted by Gasteiger charge is 2.30. The number of amides is 2. The molecule has 0 aromatic rings. The minimum Gasteiger partial charge on any atom is -0.465 e. The molecule has 0 bridgehead atoms. The van der Waals surface area contributed by atoms with Crippen LogP contribution in [0.3, 0.4) is 0 Å². The molecule has 1 fully saturated rings. The summed E-state index contributed by atoms with van der Waals surface area (Å²) in [5.74, 6) is 0. The molecule has 0 aliphatic carbocycles. The van der Waals surface area contributed by atoms with E-state index in [1.807, 2.05) is 0 Å². The second-order valence-electron chi connectivity index (χ2n) is 4.86. The van der Waals surface area contributed by atoms with E-state index in [4.69, 9.17) is 9.84 Å². The largest absolute Gasteiger partial charge is 0.465 e.